The van der Waals surface area contributed by atoms with E-state index in [2.05, 4.69) is 10.2 Å². The number of hydrogen-bond donors (Lipinski definition) is 1. The molecule has 2 atom stereocenters. The fourth-order valence-corrected chi connectivity index (χ4v) is 4.25. The van der Waals surface area contributed by atoms with Gasteiger partial charge in [-0.05, 0) is 48.9 Å². The lowest BCUT2D eigenvalue weighted by atomic mass is 9.79. The van der Waals surface area contributed by atoms with Crippen LogP contribution >= 0.6 is 11.6 Å². The molecule has 2 aromatic rings. The molecule has 0 bridgehead atoms. The summed E-state index contributed by atoms with van der Waals surface area (Å²) in [6.45, 7) is 4.40. The van der Waals surface area contributed by atoms with Crippen LogP contribution in [0.4, 0.5) is 0 Å². The van der Waals surface area contributed by atoms with Gasteiger partial charge in [-0.3, -0.25) is 9.79 Å². The lowest BCUT2D eigenvalue weighted by molar-refractivity contribution is -0.128. The molecule has 1 heterocycles. The van der Waals surface area contributed by atoms with Gasteiger partial charge in [0.05, 0.1) is 19.0 Å². The summed E-state index contributed by atoms with van der Waals surface area (Å²) >= 11 is 6.16. The third-order valence-electron chi connectivity index (χ3n) is 5.78. The molecule has 30 heavy (non-hydrogen) atoms. The number of halogens is 1. The molecule has 2 unspecified atom stereocenters. The highest BCUT2D eigenvalue weighted by Gasteiger charge is 2.53. The normalized spacial score (nSPS) is 23.0. The van der Waals surface area contributed by atoms with E-state index in [1.807, 2.05) is 67.9 Å². The Balaban J connectivity index is 1.74. The second-order valence-corrected chi connectivity index (χ2v) is 8.36. The van der Waals surface area contributed by atoms with Gasteiger partial charge in [0.15, 0.2) is 5.54 Å². The molecule has 6 heteroatoms. The minimum atomic E-state index is -1.06. The molecule has 0 aromatic heterocycles. The van der Waals surface area contributed by atoms with Crippen molar-refractivity contribution in [3.63, 3.8) is 0 Å². The number of ether oxygens (including phenoxy) is 1. The van der Waals surface area contributed by atoms with Crippen LogP contribution in [0.2, 0.25) is 5.02 Å². The molecule has 158 valence electrons. The molecule has 1 aliphatic heterocycles. The van der Waals surface area contributed by atoms with Crippen molar-refractivity contribution in [1.82, 2.24) is 10.2 Å². The van der Waals surface area contributed by atoms with Gasteiger partial charge in [-0.2, -0.15) is 0 Å². The molecule has 2 aromatic carbocycles. The van der Waals surface area contributed by atoms with Gasteiger partial charge >= 0.3 is 0 Å². The van der Waals surface area contributed by atoms with Crippen LogP contribution in [-0.4, -0.2) is 43.4 Å². The zero-order valence-corrected chi connectivity index (χ0v) is 18.0. The van der Waals surface area contributed by atoms with Crippen molar-refractivity contribution in [1.29, 1.82) is 0 Å². The van der Waals surface area contributed by atoms with Crippen molar-refractivity contribution in [3.05, 3.63) is 70.7 Å². The zero-order valence-electron chi connectivity index (χ0n) is 17.3. The quantitative estimate of drug-likeness (QED) is 0.613. The first-order valence-corrected chi connectivity index (χ1v) is 11.0. The minimum absolute atomic E-state index is 0.108. The van der Waals surface area contributed by atoms with Gasteiger partial charge in [-0.1, -0.05) is 54.1 Å². The zero-order chi connectivity index (χ0) is 21.0. The lowest BCUT2D eigenvalue weighted by Gasteiger charge is -2.37. The Morgan fingerprint density at radius 1 is 1.20 bits per heavy atom. The minimum Gasteiger partial charge on any atom is -0.380 e. The molecule has 0 radical (unpaired) electrons. The summed E-state index contributed by atoms with van der Waals surface area (Å²) in [5.74, 6) is 0.557. The van der Waals surface area contributed by atoms with Crippen molar-refractivity contribution >= 4 is 23.8 Å². The first-order valence-electron chi connectivity index (χ1n) is 10.6. The van der Waals surface area contributed by atoms with Gasteiger partial charge in [0, 0.05) is 24.7 Å². The Morgan fingerprint density at radius 3 is 2.60 bits per heavy atom. The molecule has 1 fully saturated rings. The van der Waals surface area contributed by atoms with E-state index in [0.29, 0.717) is 30.7 Å². The van der Waals surface area contributed by atoms with E-state index >= 15 is 0 Å². The summed E-state index contributed by atoms with van der Waals surface area (Å²) < 4.78 is 5.41. The standard InChI is InChI=1S/C24H28ClN3O2/c1-2-30-15-14-26-23(29)24(20-6-4-3-5-7-20)22(19-10-12-21(25)13-11-19)28(17-27-24)16-18-8-9-18/h3-7,10-13,17-18,22H,2,8-9,14-16H2,1H3,(H,26,29). The molecule has 1 saturated carbocycles. The molecule has 1 aliphatic carbocycles. The van der Waals surface area contributed by atoms with Gasteiger partial charge in [0.1, 0.15) is 0 Å². The van der Waals surface area contributed by atoms with Crippen molar-refractivity contribution in [2.45, 2.75) is 31.3 Å². The van der Waals surface area contributed by atoms with E-state index in [4.69, 9.17) is 21.3 Å². The van der Waals surface area contributed by atoms with E-state index in [-0.39, 0.29) is 11.9 Å². The average molecular weight is 426 g/mol. The van der Waals surface area contributed by atoms with E-state index in [0.717, 1.165) is 17.7 Å². The van der Waals surface area contributed by atoms with Crippen LogP contribution in [0.25, 0.3) is 0 Å². The van der Waals surface area contributed by atoms with E-state index in [1.54, 1.807) is 0 Å². The number of nitrogens with zero attached hydrogens (tertiary/aromatic N) is 2. The van der Waals surface area contributed by atoms with Crippen LogP contribution in [0.3, 0.4) is 0 Å². The predicted octanol–water partition coefficient (Wildman–Crippen LogP) is 4.18. The molecule has 1 amide bonds. The largest absolute Gasteiger partial charge is 0.380 e. The Bertz CT molecular complexity index is 883. The smallest absolute Gasteiger partial charge is 0.255 e. The number of benzene rings is 2. The molecule has 1 N–H and O–H groups in total. The fourth-order valence-electron chi connectivity index (χ4n) is 4.13. The van der Waals surface area contributed by atoms with Crippen molar-refractivity contribution in [2.75, 3.05) is 26.3 Å². The van der Waals surface area contributed by atoms with Gasteiger partial charge in [0.25, 0.3) is 5.91 Å². The number of amides is 1. The second kappa shape index (κ2) is 9.19. The first-order chi connectivity index (χ1) is 14.6. The van der Waals surface area contributed by atoms with Crippen LogP contribution in [0.1, 0.15) is 36.9 Å². The van der Waals surface area contributed by atoms with Gasteiger partial charge in [0.2, 0.25) is 0 Å². The van der Waals surface area contributed by atoms with Gasteiger partial charge in [-0.25, -0.2) is 0 Å². The Hall–Kier alpha value is -2.37. The summed E-state index contributed by atoms with van der Waals surface area (Å²) in [5, 5.41) is 3.75. The van der Waals surface area contributed by atoms with E-state index in [9.17, 15) is 4.79 Å². The van der Waals surface area contributed by atoms with Crippen molar-refractivity contribution in [3.8, 4) is 0 Å². The van der Waals surface area contributed by atoms with Gasteiger partial charge in [-0.15, -0.1) is 0 Å². The molecular weight excluding hydrogens is 398 g/mol. The maximum absolute atomic E-state index is 13.7. The van der Waals surface area contributed by atoms with Crippen LogP contribution < -0.4 is 5.32 Å². The topological polar surface area (TPSA) is 53.9 Å². The number of rotatable bonds is 9. The average Bonchev–Trinajstić information content (AvgIpc) is 3.51. The first kappa shape index (κ1) is 20.9. The van der Waals surface area contributed by atoms with Crippen LogP contribution in [0.15, 0.2) is 59.6 Å². The van der Waals surface area contributed by atoms with E-state index in [1.165, 1.54) is 12.8 Å². The summed E-state index contributed by atoms with van der Waals surface area (Å²) in [6.07, 6.45) is 4.33. The van der Waals surface area contributed by atoms with Crippen molar-refractivity contribution in [2.24, 2.45) is 10.9 Å². The molecule has 4 rings (SSSR count). The third kappa shape index (κ3) is 4.23. The number of nitrogens with one attached hydrogen (secondary N) is 1. The maximum atomic E-state index is 13.7. The van der Waals surface area contributed by atoms with Crippen molar-refractivity contribution < 1.29 is 9.53 Å². The predicted molar refractivity (Wildman–Crippen MR) is 120 cm³/mol. The summed E-state index contributed by atoms with van der Waals surface area (Å²) in [6, 6.07) is 17.4. The summed E-state index contributed by atoms with van der Waals surface area (Å²) in [7, 11) is 0. The van der Waals surface area contributed by atoms with Crippen LogP contribution in [0.5, 0.6) is 0 Å². The highest BCUT2D eigenvalue weighted by molar-refractivity contribution is 6.30. The van der Waals surface area contributed by atoms with Crippen LogP contribution in [0, 0.1) is 5.92 Å². The van der Waals surface area contributed by atoms with E-state index < -0.39 is 5.54 Å². The number of carbonyl (C=O) groups is 1. The third-order valence-corrected chi connectivity index (χ3v) is 6.04. The van der Waals surface area contributed by atoms with Crippen LogP contribution in [-0.2, 0) is 15.1 Å². The van der Waals surface area contributed by atoms with Gasteiger partial charge < -0.3 is 15.0 Å². The molecule has 2 aliphatic rings. The SMILES string of the molecule is CCOCCNC(=O)C1(c2ccccc2)N=CN(CC2CC2)C1c1ccc(Cl)cc1. The Kier molecular flexibility index (Phi) is 6.40. The molecule has 0 spiro atoms. The summed E-state index contributed by atoms with van der Waals surface area (Å²) in [5.41, 5.74) is 0.852. The maximum Gasteiger partial charge on any atom is 0.255 e. The molecular formula is C24H28ClN3O2. The highest BCUT2D eigenvalue weighted by atomic mass is 35.5. The second-order valence-electron chi connectivity index (χ2n) is 7.92. The highest BCUT2D eigenvalue weighted by Crippen LogP contribution is 2.47. The molecule has 5 nitrogen and oxygen atoms in total. The number of carbonyl (C=O) groups excluding carboxylic acids is 1. The Morgan fingerprint density at radius 2 is 1.93 bits per heavy atom. The Labute approximate surface area is 183 Å². The fraction of sp³-hybridized carbons (Fsp3) is 0.417. The lowest BCUT2D eigenvalue weighted by Crippen LogP contribution is -2.49. The molecule has 0 saturated heterocycles. The number of aliphatic imine (C=N–C) groups is 1. The number of hydrogen-bond acceptors (Lipinski definition) is 4. The monoisotopic (exact) mass is 425 g/mol. The summed E-state index contributed by atoms with van der Waals surface area (Å²) in [4.78, 5) is 20.8.